The van der Waals surface area contributed by atoms with Gasteiger partial charge in [0, 0.05) is 16.0 Å². The molecule has 1 saturated carbocycles. The molecule has 0 saturated heterocycles. The Labute approximate surface area is 94.9 Å². The summed E-state index contributed by atoms with van der Waals surface area (Å²) in [5, 5.41) is 9.87. The molecule has 15 heavy (non-hydrogen) atoms. The Hall–Kier alpha value is -0.670. The lowest BCUT2D eigenvalue weighted by Gasteiger charge is -2.25. The quantitative estimate of drug-likeness (QED) is 0.758. The average Bonchev–Trinajstić information content (AvgIpc) is 2.67. The Morgan fingerprint density at radius 3 is 2.60 bits per heavy atom. The number of phenolic OH excluding ortho intramolecular Hbond substituents is 1. The van der Waals surface area contributed by atoms with E-state index in [1.54, 1.807) is 17.8 Å². The molecule has 82 valence electrons. The molecule has 0 radical (unpaired) electrons. The van der Waals surface area contributed by atoms with E-state index < -0.39 is 0 Å². The third-order valence-corrected chi connectivity index (χ3v) is 3.96. The molecule has 0 bridgehead atoms. The van der Waals surface area contributed by atoms with Crippen molar-refractivity contribution < 1.29 is 5.11 Å². The smallest absolute Gasteiger partial charge is 0.120 e. The van der Waals surface area contributed by atoms with Gasteiger partial charge in [-0.05, 0) is 37.3 Å². The average molecular weight is 223 g/mol. The Morgan fingerprint density at radius 1 is 1.33 bits per heavy atom. The number of aromatic hydroxyl groups is 1. The number of phenols is 1. The van der Waals surface area contributed by atoms with Crippen LogP contribution in [0.1, 0.15) is 31.2 Å². The molecule has 1 aromatic rings. The normalized spacial score (nSPS) is 19.3. The van der Waals surface area contributed by atoms with E-state index in [9.17, 15) is 5.11 Å². The molecule has 2 rings (SSSR count). The van der Waals surface area contributed by atoms with Gasteiger partial charge in [-0.25, -0.2) is 0 Å². The van der Waals surface area contributed by atoms with Crippen molar-refractivity contribution in [2.45, 2.75) is 36.1 Å². The highest BCUT2D eigenvalue weighted by Gasteiger charge is 2.33. The number of nitrogens with two attached hydrogens (primary N) is 1. The van der Waals surface area contributed by atoms with Gasteiger partial charge in [0.2, 0.25) is 0 Å². The zero-order chi connectivity index (χ0) is 10.9. The van der Waals surface area contributed by atoms with Crippen LogP contribution in [0.25, 0.3) is 0 Å². The second kappa shape index (κ2) is 4.06. The molecule has 0 spiro atoms. The first-order valence-corrected chi connectivity index (χ1v) is 6.54. The molecule has 0 aliphatic heterocycles. The largest absolute Gasteiger partial charge is 0.508 e. The van der Waals surface area contributed by atoms with E-state index in [0.29, 0.717) is 5.75 Å². The molecule has 1 aliphatic carbocycles. The summed E-state index contributed by atoms with van der Waals surface area (Å²) < 4.78 is 0. The van der Waals surface area contributed by atoms with Crippen LogP contribution in [0.2, 0.25) is 0 Å². The number of hydrogen-bond acceptors (Lipinski definition) is 3. The molecule has 1 fully saturated rings. The van der Waals surface area contributed by atoms with Crippen molar-refractivity contribution in [1.29, 1.82) is 0 Å². The zero-order valence-corrected chi connectivity index (χ0v) is 9.81. The van der Waals surface area contributed by atoms with Gasteiger partial charge >= 0.3 is 0 Å². The number of benzene rings is 1. The van der Waals surface area contributed by atoms with Crippen LogP contribution in [0.15, 0.2) is 23.1 Å². The van der Waals surface area contributed by atoms with E-state index in [-0.39, 0.29) is 5.54 Å². The van der Waals surface area contributed by atoms with Crippen LogP contribution in [-0.2, 0) is 5.54 Å². The van der Waals surface area contributed by atoms with Gasteiger partial charge in [0.15, 0.2) is 0 Å². The summed E-state index contributed by atoms with van der Waals surface area (Å²) in [6.45, 7) is 0. The molecule has 3 heteroatoms. The van der Waals surface area contributed by atoms with Crippen LogP contribution >= 0.6 is 11.8 Å². The second-order valence-corrected chi connectivity index (χ2v) is 5.13. The van der Waals surface area contributed by atoms with Crippen molar-refractivity contribution in [3.63, 3.8) is 0 Å². The van der Waals surface area contributed by atoms with E-state index in [1.807, 2.05) is 18.4 Å². The maximum Gasteiger partial charge on any atom is 0.120 e. The summed E-state index contributed by atoms with van der Waals surface area (Å²) in [6.07, 6.45) is 6.34. The molecule has 0 unspecified atom stereocenters. The SMILES string of the molecule is CSc1ccc(O)c(C2(N)CCCC2)c1. The van der Waals surface area contributed by atoms with Crippen LogP contribution in [0.5, 0.6) is 5.75 Å². The Kier molecular flexibility index (Phi) is 2.94. The highest BCUT2D eigenvalue weighted by molar-refractivity contribution is 7.98. The van der Waals surface area contributed by atoms with Crippen molar-refractivity contribution in [2.75, 3.05) is 6.26 Å². The third-order valence-electron chi connectivity index (χ3n) is 3.24. The Morgan fingerprint density at radius 2 is 2.00 bits per heavy atom. The van der Waals surface area contributed by atoms with Crippen LogP contribution in [0, 0.1) is 0 Å². The summed E-state index contributed by atoms with van der Waals surface area (Å²) in [4.78, 5) is 1.17. The fourth-order valence-corrected chi connectivity index (χ4v) is 2.76. The molecular formula is C12H17NOS. The van der Waals surface area contributed by atoms with Crippen molar-refractivity contribution in [2.24, 2.45) is 5.73 Å². The van der Waals surface area contributed by atoms with E-state index in [1.165, 1.54) is 17.7 Å². The third kappa shape index (κ3) is 1.99. The van der Waals surface area contributed by atoms with Crippen LogP contribution in [0.4, 0.5) is 0 Å². The van der Waals surface area contributed by atoms with Gasteiger partial charge in [-0.2, -0.15) is 0 Å². The summed E-state index contributed by atoms with van der Waals surface area (Å²) in [5.41, 5.74) is 6.96. The Balaban J connectivity index is 2.41. The van der Waals surface area contributed by atoms with Crippen LogP contribution in [0.3, 0.4) is 0 Å². The molecule has 0 heterocycles. The fraction of sp³-hybridized carbons (Fsp3) is 0.500. The van der Waals surface area contributed by atoms with Gasteiger partial charge in [-0.15, -0.1) is 11.8 Å². The monoisotopic (exact) mass is 223 g/mol. The van der Waals surface area contributed by atoms with Gasteiger partial charge in [-0.1, -0.05) is 12.8 Å². The van der Waals surface area contributed by atoms with Crippen LogP contribution < -0.4 is 5.73 Å². The van der Waals surface area contributed by atoms with Gasteiger partial charge in [0.1, 0.15) is 5.75 Å². The van der Waals surface area contributed by atoms with Gasteiger partial charge in [0.05, 0.1) is 0 Å². The van der Waals surface area contributed by atoms with E-state index in [0.717, 1.165) is 18.4 Å². The van der Waals surface area contributed by atoms with Crippen molar-refractivity contribution >= 4 is 11.8 Å². The maximum atomic E-state index is 9.87. The highest BCUT2D eigenvalue weighted by atomic mass is 32.2. The lowest BCUT2D eigenvalue weighted by molar-refractivity contribution is 0.408. The minimum Gasteiger partial charge on any atom is -0.508 e. The van der Waals surface area contributed by atoms with Crippen LogP contribution in [-0.4, -0.2) is 11.4 Å². The van der Waals surface area contributed by atoms with Crippen molar-refractivity contribution in [3.8, 4) is 5.75 Å². The maximum absolute atomic E-state index is 9.87. The van der Waals surface area contributed by atoms with E-state index in [2.05, 4.69) is 0 Å². The first-order chi connectivity index (χ1) is 7.15. The summed E-state index contributed by atoms with van der Waals surface area (Å²) in [7, 11) is 0. The zero-order valence-electron chi connectivity index (χ0n) is 8.99. The predicted octanol–water partition coefficient (Wildman–Crippen LogP) is 2.84. The molecule has 2 nitrogen and oxygen atoms in total. The molecule has 0 atom stereocenters. The lowest BCUT2D eigenvalue weighted by Crippen LogP contribution is -2.33. The second-order valence-electron chi connectivity index (χ2n) is 4.25. The first-order valence-electron chi connectivity index (χ1n) is 5.32. The molecular weight excluding hydrogens is 206 g/mol. The Bertz CT molecular complexity index is 359. The minimum absolute atomic E-state index is 0.296. The van der Waals surface area contributed by atoms with Gasteiger partial charge < -0.3 is 10.8 Å². The number of hydrogen-bond donors (Lipinski definition) is 2. The van der Waals surface area contributed by atoms with E-state index >= 15 is 0 Å². The number of thioether (sulfide) groups is 1. The van der Waals surface area contributed by atoms with Crippen molar-refractivity contribution in [1.82, 2.24) is 0 Å². The topological polar surface area (TPSA) is 46.2 Å². The summed E-state index contributed by atoms with van der Waals surface area (Å²) >= 11 is 1.68. The number of rotatable bonds is 2. The lowest BCUT2D eigenvalue weighted by atomic mass is 9.89. The minimum atomic E-state index is -0.296. The van der Waals surface area contributed by atoms with Gasteiger partial charge in [-0.3, -0.25) is 0 Å². The standard InChI is InChI=1S/C12H17NOS/c1-15-9-4-5-11(14)10(8-9)12(13)6-2-3-7-12/h4-5,8,14H,2-3,6-7,13H2,1H3. The van der Waals surface area contributed by atoms with E-state index in [4.69, 9.17) is 5.73 Å². The fourth-order valence-electron chi connectivity index (χ4n) is 2.32. The summed E-state index contributed by atoms with van der Waals surface area (Å²) in [6, 6.07) is 5.72. The molecule has 3 N–H and O–H groups in total. The molecule has 0 aromatic heterocycles. The summed E-state index contributed by atoms with van der Waals surface area (Å²) in [5.74, 6) is 0.345. The predicted molar refractivity (Wildman–Crippen MR) is 64.2 cm³/mol. The van der Waals surface area contributed by atoms with Crippen molar-refractivity contribution in [3.05, 3.63) is 23.8 Å². The first kappa shape index (κ1) is 10.8. The van der Waals surface area contributed by atoms with Gasteiger partial charge in [0.25, 0.3) is 0 Å². The molecule has 1 aliphatic rings. The molecule has 1 aromatic carbocycles. The highest BCUT2D eigenvalue weighted by Crippen LogP contribution is 2.41. The molecule has 0 amide bonds.